The van der Waals surface area contributed by atoms with Crippen LogP contribution in [0, 0.1) is 0 Å². The van der Waals surface area contributed by atoms with E-state index in [1.807, 2.05) is 61.5 Å². The third-order valence-corrected chi connectivity index (χ3v) is 5.32. The number of carbonyl (C=O) groups is 2. The van der Waals surface area contributed by atoms with Gasteiger partial charge in [0.15, 0.2) is 5.16 Å². The zero-order valence-electron chi connectivity index (χ0n) is 15.3. The molecule has 0 aliphatic carbocycles. The average Bonchev–Trinajstić information content (AvgIpc) is 3.04. The summed E-state index contributed by atoms with van der Waals surface area (Å²) in [5, 5.41) is 5.18. The maximum absolute atomic E-state index is 12.8. The summed E-state index contributed by atoms with van der Waals surface area (Å²) >= 11 is 1.35. The number of fused-ring (bicyclic) bond motifs is 1. The number of nitrogens with zero attached hydrogens (tertiary/aromatic N) is 2. The van der Waals surface area contributed by atoms with Gasteiger partial charge >= 0.3 is 6.03 Å². The Kier molecular flexibility index (Phi) is 6.13. The number of thioether (sulfide) groups is 1. The molecule has 27 heavy (non-hydrogen) atoms. The van der Waals surface area contributed by atoms with E-state index in [4.69, 9.17) is 4.98 Å². The molecule has 0 aliphatic heterocycles. The highest BCUT2D eigenvalue weighted by molar-refractivity contribution is 8.00. The van der Waals surface area contributed by atoms with Crippen LogP contribution in [-0.2, 0) is 11.3 Å². The summed E-state index contributed by atoms with van der Waals surface area (Å²) in [6.07, 6.45) is 0. The van der Waals surface area contributed by atoms with Crippen molar-refractivity contribution in [1.82, 2.24) is 20.2 Å². The third-order valence-electron chi connectivity index (χ3n) is 4.07. The van der Waals surface area contributed by atoms with E-state index < -0.39 is 11.3 Å². The molecule has 0 unspecified atom stereocenters. The zero-order valence-corrected chi connectivity index (χ0v) is 16.1. The van der Waals surface area contributed by atoms with E-state index >= 15 is 0 Å². The van der Waals surface area contributed by atoms with Crippen LogP contribution in [0.15, 0.2) is 59.8 Å². The lowest BCUT2D eigenvalue weighted by Gasteiger charge is -2.17. The van der Waals surface area contributed by atoms with Crippen LogP contribution in [0.5, 0.6) is 0 Å². The standard InChI is InChI=1S/C20H22N4O2S/c1-3-21-19(26)23-18(25)17(14-10-6-5-7-11-14)27-20-22-15-12-8-9-13-16(15)24(20)4-2/h5-13,17H,3-4H2,1-2H3,(H2,21,23,25,26)/t17-/m0/s1. The number of amides is 3. The Morgan fingerprint density at radius 1 is 1.07 bits per heavy atom. The van der Waals surface area contributed by atoms with Crippen molar-refractivity contribution in [3.63, 3.8) is 0 Å². The predicted molar refractivity (Wildman–Crippen MR) is 108 cm³/mol. The number of benzene rings is 2. The molecule has 1 heterocycles. The summed E-state index contributed by atoms with van der Waals surface area (Å²) in [6.45, 7) is 5.04. The van der Waals surface area contributed by atoms with Crippen LogP contribution in [0.3, 0.4) is 0 Å². The summed E-state index contributed by atoms with van der Waals surface area (Å²) in [5.74, 6) is -0.369. The fourth-order valence-corrected chi connectivity index (χ4v) is 4.01. The molecule has 2 aromatic carbocycles. The van der Waals surface area contributed by atoms with Crippen molar-refractivity contribution in [2.75, 3.05) is 6.54 Å². The zero-order chi connectivity index (χ0) is 19.2. The van der Waals surface area contributed by atoms with Gasteiger partial charge in [-0.1, -0.05) is 54.2 Å². The molecule has 6 nitrogen and oxygen atoms in total. The second-order valence-corrected chi connectivity index (χ2v) is 6.96. The molecule has 3 amide bonds. The van der Waals surface area contributed by atoms with Gasteiger partial charge in [-0.15, -0.1) is 0 Å². The quantitative estimate of drug-likeness (QED) is 0.637. The lowest BCUT2D eigenvalue weighted by Crippen LogP contribution is -2.41. The molecule has 0 saturated heterocycles. The minimum Gasteiger partial charge on any atom is -0.338 e. The number of aromatic nitrogens is 2. The van der Waals surface area contributed by atoms with Crippen molar-refractivity contribution >= 4 is 34.7 Å². The fourth-order valence-electron chi connectivity index (χ4n) is 2.84. The highest BCUT2D eigenvalue weighted by Gasteiger charge is 2.26. The number of para-hydroxylation sites is 2. The molecule has 0 aliphatic rings. The Morgan fingerprint density at radius 3 is 2.48 bits per heavy atom. The van der Waals surface area contributed by atoms with Gasteiger partial charge in [-0.3, -0.25) is 10.1 Å². The molecular weight excluding hydrogens is 360 g/mol. The molecule has 0 radical (unpaired) electrons. The number of aryl methyl sites for hydroxylation is 1. The van der Waals surface area contributed by atoms with Gasteiger partial charge in [0, 0.05) is 13.1 Å². The van der Waals surface area contributed by atoms with Crippen molar-refractivity contribution < 1.29 is 9.59 Å². The summed E-state index contributed by atoms with van der Waals surface area (Å²) in [4.78, 5) is 29.3. The number of carbonyl (C=O) groups excluding carboxylic acids is 2. The number of imide groups is 1. The van der Waals surface area contributed by atoms with Crippen molar-refractivity contribution in [3.05, 3.63) is 60.2 Å². The molecule has 1 atom stereocenters. The minimum absolute atomic E-state index is 0.369. The van der Waals surface area contributed by atoms with Gasteiger partial charge in [0.05, 0.1) is 11.0 Å². The highest BCUT2D eigenvalue weighted by Crippen LogP contribution is 2.36. The predicted octanol–water partition coefficient (Wildman–Crippen LogP) is 3.74. The average molecular weight is 382 g/mol. The third kappa shape index (κ3) is 4.31. The molecule has 1 aromatic heterocycles. The van der Waals surface area contributed by atoms with E-state index in [0.29, 0.717) is 6.54 Å². The molecule has 0 bridgehead atoms. The van der Waals surface area contributed by atoms with Crippen LogP contribution in [0.4, 0.5) is 4.79 Å². The van der Waals surface area contributed by atoms with E-state index in [-0.39, 0.29) is 5.91 Å². The Hall–Kier alpha value is -2.80. The highest BCUT2D eigenvalue weighted by atomic mass is 32.2. The van der Waals surface area contributed by atoms with Crippen molar-refractivity contribution in [2.45, 2.75) is 30.8 Å². The first-order valence-corrected chi connectivity index (χ1v) is 9.77. The SMILES string of the molecule is CCNC(=O)NC(=O)[C@@H](Sc1nc2ccccc2n1CC)c1ccccc1. The minimum atomic E-state index is -0.587. The largest absolute Gasteiger partial charge is 0.338 e. The first kappa shape index (κ1) is 19.0. The number of imidazole rings is 1. The number of urea groups is 1. The van der Waals surface area contributed by atoms with Gasteiger partial charge in [-0.25, -0.2) is 9.78 Å². The summed E-state index contributed by atoms with van der Waals surface area (Å²) in [5.41, 5.74) is 2.73. The maximum Gasteiger partial charge on any atom is 0.321 e. The van der Waals surface area contributed by atoms with Gasteiger partial charge in [-0.2, -0.15) is 0 Å². The van der Waals surface area contributed by atoms with Gasteiger partial charge in [0.1, 0.15) is 5.25 Å². The van der Waals surface area contributed by atoms with Crippen molar-refractivity contribution in [1.29, 1.82) is 0 Å². The van der Waals surface area contributed by atoms with Crippen LogP contribution in [-0.4, -0.2) is 28.0 Å². The number of hydrogen-bond donors (Lipinski definition) is 2. The Labute approximate surface area is 162 Å². The van der Waals surface area contributed by atoms with Gasteiger partial charge < -0.3 is 9.88 Å². The lowest BCUT2D eigenvalue weighted by molar-refractivity contribution is -0.119. The molecule has 3 rings (SSSR count). The second-order valence-electron chi connectivity index (χ2n) is 5.88. The topological polar surface area (TPSA) is 76.0 Å². The van der Waals surface area contributed by atoms with Crippen LogP contribution in [0.25, 0.3) is 11.0 Å². The van der Waals surface area contributed by atoms with E-state index in [0.717, 1.165) is 28.3 Å². The van der Waals surface area contributed by atoms with E-state index in [1.54, 1.807) is 6.92 Å². The van der Waals surface area contributed by atoms with E-state index in [2.05, 4.69) is 15.2 Å². The molecule has 2 N–H and O–H groups in total. The molecular formula is C20H22N4O2S. The Morgan fingerprint density at radius 2 is 1.78 bits per heavy atom. The molecule has 3 aromatic rings. The first-order valence-electron chi connectivity index (χ1n) is 8.89. The van der Waals surface area contributed by atoms with Gasteiger partial charge in [-0.05, 0) is 31.5 Å². The Balaban J connectivity index is 1.94. The number of rotatable bonds is 6. The summed E-state index contributed by atoms with van der Waals surface area (Å²) in [6, 6.07) is 16.8. The molecule has 7 heteroatoms. The van der Waals surface area contributed by atoms with Crippen LogP contribution < -0.4 is 10.6 Å². The fraction of sp³-hybridized carbons (Fsp3) is 0.250. The van der Waals surface area contributed by atoms with Gasteiger partial charge in [0.25, 0.3) is 0 Å². The smallest absolute Gasteiger partial charge is 0.321 e. The van der Waals surface area contributed by atoms with E-state index in [9.17, 15) is 9.59 Å². The summed E-state index contributed by atoms with van der Waals surface area (Å²) < 4.78 is 2.08. The molecule has 140 valence electrons. The molecule has 0 saturated carbocycles. The van der Waals surface area contributed by atoms with Crippen molar-refractivity contribution in [2.24, 2.45) is 0 Å². The Bertz CT molecular complexity index is 940. The van der Waals surface area contributed by atoms with Crippen LogP contribution in [0.2, 0.25) is 0 Å². The van der Waals surface area contributed by atoms with Crippen LogP contribution in [0.1, 0.15) is 24.7 Å². The number of nitrogens with one attached hydrogen (secondary N) is 2. The first-order chi connectivity index (χ1) is 13.1. The normalized spacial score (nSPS) is 11.9. The maximum atomic E-state index is 12.8. The number of hydrogen-bond acceptors (Lipinski definition) is 4. The van der Waals surface area contributed by atoms with Crippen molar-refractivity contribution in [3.8, 4) is 0 Å². The summed E-state index contributed by atoms with van der Waals surface area (Å²) in [7, 11) is 0. The monoisotopic (exact) mass is 382 g/mol. The lowest BCUT2D eigenvalue weighted by atomic mass is 10.1. The van der Waals surface area contributed by atoms with Crippen LogP contribution >= 0.6 is 11.8 Å². The molecule has 0 fully saturated rings. The second kappa shape index (κ2) is 8.73. The van der Waals surface area contributed by atoms with Gasteiger partial charge in [0.2, 0.25) is 5.91 Å². The molecule has 0 spiro atoms. The van der Waals surface area contributed by atoms with E-state index in [1.165, 1.54) is 11.8 Å².